The van der Waals surface area contributed by atoms with Gasteiger partial charge in [0.2, 0.25) is 0 Å². The van der Waals surface area contributed by atoms with Crippen LogP contribution in [0.4, 0.5) is 0 Å². The predicted octanol–water partition coefficient (Wildman–Crippen LogP) is 2.47. The summed E-state index contributed by atoms with van der Waals surface area (Å²) >= 11 is 0. The normalized spacial score (nSPS) is 11.0. The van der Waals surface area contributed by atoms with Crippen LogP contribution in [0.5, 0.6) is 0 Å². The molecule has 1 aromatic rings. The number of aldehydes is 1. The van der Waals surface area contributed by atoms with E-state index in [9.17, 15) is 9.59 Å². The molecular weight excluding hydrogens is 204 g/mol. The smallest absolute Gasteiger partial charge is 0.331 e. The molecule has 1 rings (SSSR count). The minimum atomic E-state index is -0.348. The van der Waals surface area contributed by atoms with E-state index in [1.54, 1.807) is 31.2 Å². The Morgan fingerprint density at radius 2 is 1.94 bits per heavy atom. The van der Waals surface area contributed by atoms with Crippen LogP contribution in [0.15, 0.2) is 30.3 Å². The second kappa shape index (κ2) is 5.85. The molecule has 0 saturated carbocycles. The van der Waals surface area contributed by atoms with Crippen LogP contribution < -0.4 is 0 Å². The summed E-state index contributed by atoms with van der Waals surface area (Å²) in [4.78, 5) is 21.7. The number of allylic oxidation sites excluding steroid dienone is 1. The van der Waals surface area contributed by atoms with Crippen molar-refractivity contribution < 1.29 is 14.3 Å². The maximum atomic E-state index is 11.2. The Bertz CT molecular complexity index is 402. The van der Waals surface area contributed by atoms with Crippen LogP contribution in [0, 0.1) is 0 Å². The van der Waals surface area contributed by atoms with Gasteiger partial charge in [0.1, 0.15) is 6.29 Å². The molecule has 0 N–H and O–H groups in total. The first-order valence-corrected chi connectivity index (χ1v) is 5.08. The van der Waals surface area contributed by atoms with Crippen LogP contribution >= 0.6 is 0 Å². The third-order valence-electron chi connectivity index (χ3n) is 2.12. The van der Waals surface area contributed by atoms with Crippen molar-refractivity contribution in [1.29, 1.82) is 0 Å². The predicted molar refractivity (Wildman–Crippen MR) is 62.1 cm³/mol. The van der Waals surface area contributed by atoms with Gasteiger partial charge in [0, 0.05) is 11.6 Å². The molecule has 0 aromatic heterocycles. The molecule has 0 heterocycles. The molecule has 3 heteroatoms. The summed E-state index contributed by atoms with van der Waals surface area (Å²) in [7, 11) is 0. The van der Waals surface area contributed by atoms with E-state index in [2.05, 4.69) is 0 Å². The molecule has 0 aliphatic rings. The Hall–Kier alpha value is -1.90. The number of benzene rings is 1. The van der Waals surface area contributed by atoms with Gasteiger partial charge in [-0.25, -0.2) is 4.79 Å². The molecule has 0 amide bonds. The van der Waals surface area contributed by atoms with E-state index in [0.717, 1.165) is 17.4 Å². The number of carbonyl (C=O) groups excluding carboxylic acids is 2. The Morgan fingerprint density at radius 1 is 1.31 bits per heavy atom. The summed E-state index contributed by atoms with van der Waals surface area (Å²) in [5.41, 5.74) is 2.34. The SMILES string of the molecule is CCOC(=O)C=C(C)c1ccc(C=O)cc1. The lowest BCUT2D eigenvalue weighted by atomic mass is 10.1. The number of ether oxygens (including phenoxy) is 1. The zero-order valence-electron chi connectivity index (χ0n) is 9.40. The molecule has 0 radical (unpaired) electrons. The highest BCUT2D eigenvalue weighted by Crippen LogP contribution is 2.14. The highest BCUT2D eigenvalue weighted by molar-refractivity contribution is 5.91. The third kappa shape index (κ3) is 3.35. The van der Waals surface area contributed by atoms with E-state index in [1.165, 1.54) is 6.08 Å². The van der Waals surface area contributed by atoms with Crippen LogP contribution in [-0.4, -0.2) is 18.9 Å². The van der Waals surface area contributed by atoms with E-state index < -0.39 is 0 Å². The third-order valence-corrected chi connectivity index (χ3v) is 2.12. The van der Waals surface area contributed by atoms with Crippen LogP contribution in [-0.2, 0) is 9.53 Å². The largest absolute Gasteiger partial charge is 0.463 e. The van der Waals surface area contributed by atoms with Gasteiger partial charge in [-0.1, -0.05) is 24.3 Å². The van der Waals surface area contributed by atoms with Gasteiger partial charge in [-0.3, -0.25) is 4.79 Å². The number of carbonyl (C=O) groups is 2. The molecule has 0 saturated heterocycles. The molecule has 0 aliphatic carbocycles. The van der Waals surface area contributed by atoms with Crippen molar-refractivity contribution in [1.82, 2.24) is 0 Å². The molecule has 0 spiro atoms. The first-order valence-electron chi connectivity index (χ1n) is 5.08. The number of esters is 1. The van der Waals surface area contributed by atoms with Crippen LogP contribution in [0.1, 0.15) is 29.8 Å². The number of rotatable bonds is 4. The first-order chi connectivity index (χ1) is 7.67. The molecular formula is C13H14O3. The van der Waals surface area contributed by atoms with Gasteiger partial charge in [0.15, 0.2) is 0 Å². The average molecular weight is 218 g/mol. The van der Waals surface area contributed by atoms with Crippen molar-refractivity contribution in [2.75, 3.05) is 6.61 Å². The van der Waals surface area contributed by atoms with Crippen LogP contribution in [0.3, 0.4) is 0 Å². The second-order valence-corrected chi connectivity index (χ2v) is 3.32. The van der Waals surface area contributed by atoms with Gasteiger partial charge in [-0.15, -0.1) is 0 Å². The lowest BCUT2D eigenvalue weighted by Gasteiger charge is -2.02. The van der Waals surface area contributed by atoms with Crippen molar-refractivity contribution in [3.05, 3.63) is 41.5 Å². The quantitative estimate of drug-likeness (QED) is 0.443. The lowest BCUT2D eigenvalue weighted by molar-refractivity contribution is -0.137. The van der Waals surface area contributed by atoms with Crippen molar-refractivity contribution in [3.63, 3.8) is 0 Å². The van der Waals surface area contributed by atoms with Gasteiger partial charge >= 0.3 is 5.97 Å². The Balaban J connectivity index is 2.83. The summed E-state index contributed by atoms with van der Waals surface area (Å²) in [6.45, 7) is 3.96. The number of hydrogen-bond donors (Lipinski definition) is 0. The van der Waals surface area contributed by atoms with Gasteiger partial charge in [-0.05, 0) is 25.0 Å². The highest BCUT2D eigenvalue weighted by Gasteiger charge is 2.00. The fourth-order valence-corrected chi connectivity index (χ4v) is 1.27. The van der Waals surface area contributed by atoms with E-state index in [1.807, 2.05) is 6.92 Å². The van der Waals surface area contributed by atoms with Gasteiger partial charge in [0.25, 0.3) is 0 Å². The van der Waals surface area contributed by atoms with Crippen molar-refractivity contribution in [2.45, 2.75) is 13.8 Å². The molecule has 0 unspecified atom stereocenters. The minimum absolute atomic E-state index is 0.348. The maximum absolute atomic E-state index is 11.2. The van der Waals surface area contributed by atoms with Crippen molar-refractivity contribution in [2.24, 2.45) is 0 Å². The van der Waals surface area contributed by atoms with Crippen LogP contribution in [0.2, 0.25) is 0 Å². The summed E-state index contributed by atoms with van der Waals surface area (Å²) in [6, 6.07) is 7.03. The molecule has 1 aromatic carbocycles. The molecule has 84 valence electrons. The fourth-order valence-electron chi connectivity index (χ4n) is 1.27. The summed E-state index contributed by atoms with van der Waals surface area (Å²) in [5.74, 6) is -0.348. The monoisotopic (exact) mass is 218 g/mol. The minimum Gasteiger partial charge on any atom is -0.463 e. The Kier molecular flexibility index (Phi) is 4.45. The van der Waals surface area contributed by atoms with E-state index in [-0.39, 0.29) is 5.97 Å². The standard InChI is InChI=1S/C13H14O3/c1-3-16-13(15)8-10(2)12-6-4-11(9-14)5-7-12/h4-9H,3H2,1-2H3. The van der Waals surface area contributed by atoms with Gasteiger partial charge in [0.05, 0.1) is 6.61 Å². The topological polar surface area (TPSA) is 43.4 Å². The molecule has 0 bridgehead atoms. The van der Waals surface area contributed by atoms with Gasteiger partial charge < -0.3 is 4.74 Å². The highest BCUT2D eigenvalue weighted by atomic mass is 16.5. The maximum Gasteiger partial charge on any atom is 0.331 e. The first kappa shape index (κ1) is 12.2. The molecule has 3 nitrogen and oxygen atoms in total. The van der Waals surface area contributed by atoms with Crippen molar-refractivity contribution >= 4 is 17.8 Å². The molecule has 16 heavy (non-hydrogen) atoms. The van der Waals surface area contributed by atoms with Gasteiger partial charge in [-0.2, -0.15) is 0 Å². The lowest BCUT2D eigenvalue weighted by Crippen LogP contribution is -2.00. The molecule has 0 aliphatic heterocycles. The Labute approximate surface area is 94.7 Å². The number of hydrogen-bond acceptors (Lipinski definition) is 3. The zero-order chi connectivity index (χ0) is 12.0. The summed E-state index contributed by atoms with van der Waals surface area (Å²) in [5, 5.41) is 0. The van der Waals surface area contributed by atoms with Crippen LogP contribution in [0.25, 0.3) is 5.57 Å². The molecule has 0 atom stereocenters. The average Bonchev–Trinajstić information content (AvgIpc) is 2.29. The second-order valence-electron chi connectivity index (χ2n) is 3.32. The fraction of sp³-hybridized carbons (Fsp3) is 0.231. The summed E-state index contributed by atoms with van der Waals surface area (Å²) in [6.07, 6.45) is 2.23. The van der Waals surface area contributed by atoms with E-state index in [4.69, 9.17) is 4.74 Å². The summed E-state index contributed by atoms with van der Waals surface area (Å²) < 4.78 is 4.81. The van der Waals surface area contributed by atoms with E-state index >= 15 is 0 Å². The van der Waals surface area contributed by atoms with Crippen molar-refractivity contribution in [3.8, 4) is 0 Å². The zero-order valence-corrected chi connectivity index (χ0v) is 9.40. The Morgan fingerprint density at radius 3 is 2.44 bits per heavy atom. The molecule has 0 fully saturated rings. The van der Waals surface area contributed by atoms with E-state index in [0.29, 0.717) is 12.2 Å².